The summed E-state index contributed by atoms with van der Waals surface area (Å²) >= 11 is 0. The Bertz CT molecular complexity index is 2100. The number of imide groups is 1. The SMILES string of the molecule is COc1cc2c(-c3cc(O)c(CN4[C@H](C)CN(c5ccc6c(c5)C(=O)N(C5CCC(=O)NC5=O)C6)C[C@H]4C)c(OC)c3)cn(C)c(=O)c2cn1. The third-order valence-electron chi connectivity index (χ3n) is 10.3. The van der Waals surface area contributed by atoms with Gasteiger partial charge in [-0.15, -0.1) is 0 Å². The minimum atomic E-state index is -0.649. The molecule has 2 aromatic heterocycles. The fourth-order valence-corrected chi connectivity index (χ4v) is 7.61. The van der Waals surface area contributed by atoms with E-state index in [4.69, 9.17) is 9.47 Å². The van der Waals surface area contributed by atoms with Crippen molar-refractivity contribution >= 4 is 34.2 Å². The van der Waals surface area contributed by atoms with Crippen molar-refractivity contribution in [1.82, 2.24) is 24.7 Å². The smallest absolute Gasteiger partial charge is 0.259 e. The van der Waals surface area contributed by atoms with E-state index in [0.29, 0.717) is 71.7 Å². The lowest BCUT2D eigenvalue weighted by molar-refractivity contribution is -0.136. The van der Waals surface area contributed by atoms with Gasteiger partial charge in [-0.05, 0) is 55.7 Å². The van der Waals surface area contributed by atoms with Gasteiger partial charge in [-0.25, -0.2) is 4.98 Å². The largest absolute Gasteiger partial charge is 0.507 e. The quantitative estimate of drug-likeness (QED) is 0.279. The van der Waals surface area contributed by atoms with Crippen molar-refractivity contribution in [3.05, 3.63) is 75.8 Å². The molecule has 2 fully saturated rings. The molecule has 7 rings (SSSR count). The maximum atomic E-state index is 13.4. The number of benzene rings is 2. The number of rotatable bonds is 7. The number of aromatic nitrogens is 2. The fourth-order valence-electron chi connectivity index (χ4n) is 7.61. The second kappa shape index (κ2) is 12.8. The molecule has 3 atom stereocenters. The number of nitrogens with zero attached hydrogens (tertiary/aromatic N) is 5. The molecule has 13 nitrogen and oxygen atoms in total. The van der Waals surface area contributed by atoms with Crippen LogP contribution in [0.5, 0.6) is 17.4 Å². The van der Waals surface area contributed by atoms with E-state index in [1.807, 2.05) is 24.3 Å². The zero-order chi connectivity index (χ0) is 35.4. The van der Waals surface area contributed by atoms with E-state index in [9.17, 15) is 24.3 Å². The number of nitrogens with one attached hydrogen (secondary N) is 1. The summed E-state index contributed by atoms with van der Waals surface area (Å²) in [6.45, 7) is 6.45. The van der Waals surface area contributed by atoms with Gasteiger partial charge in [-0.1, -0.05) is 6.07 Å². The molecule has 0 bridgehead atoms. The standard InChI is InChI=1S/C37H40N6O7/c1-20-15-41(24-7-6-22-17-43(37(48)25(22)12-24)30-8-9-33(45)39-35(30)46)16-21(2)42(20)19-29-31(44)10-23(11-32(29)49-4)28-18-40(3)36(47)27-14-38-34(50-5)13-26(27)28/h6-7,10-14,18,20-21,30,44H,8-9,15-17,19H2,1-5H3,(H,39,45,46)/t20-,21-,30?/m1/s1. The van der Waals surface area contributed by atoms with E-state index < -0.39 is 11.9 Å². The summed E-state index contributed by atoms with van der Waals surface area (Å²) in [5, 5.41) is 14.9. The van der Waals surface area contributed by atoms with Gasteiger partial charge >= 0.3 is 0 Å². The van der Waals surface area contributed by atoms with Crippen LogP contribution < -0.4 is 25.2 Å². The van der Waals surface area contributed by atoms with Crippen LogP contribution in [0.25, 0.3) is 21.9 Å². The molecule has 260 valence electrons. The normalized spacial score (nSPS) is 21.1. The highest BCUT2D eigenvalue weighted by Gasteiger charge is 2.40. The van der Waals surface area contributed by atoms with Gasteiger partial charge in [0.15, 0.2) is 0 Å². The Hall–Kier alpha value is -5.43. The fraction of sp³-hybridized carbons (Fsp3) is 0.378. The van der Waals surface area contributed by atoms with Crippen molar-refractivity contribution in [1.29, 1.82) is 0 Å². The van der Waals surface area contributed by atoms with Crippen molar-refractivity contribution in [2.45, 2.75) is 57.9 Å². The second-order valence-electron chi connectivity index (χ2n) is 13.4. The van der Waals surface area contributed by atoms with E-state index in [1.54, 1.807) is 37.4 Å². The highest BCUT2D eigenvalue weighted by molar-refractivity contribution is 6.05. The molecule has 0 saturated carbocycles. The highest BCUT2D eigenvalue weighted by atomic mass is 16.5. The van der Waals surface area contributed by atoms with Crippen LogP contribution in [-0.2, 0) is 29.7 Å². The molecule has 0 radical (unpaired) electrons. The number of piperidine rings is 1. The number of methoxy groups -OCH3 is 2. The second-order valence-corrected chi connectivity index (χ2v) is 13.4. The van der Waals surface area contributed by atoms with Crippen molar-refractivity contribution < 1.29 is 29.0 Å². The Balaban J connectivity index is 1.11. The van der Waals surface area contributed by atoms with Crippen molar-refractivity contribution in [2.75, 3.05) is 32.2 Å². The molecular formula is C37H40N6O7. The molecule has 2 saturated heterocycles. The molecule has 3 amide bonds. The maximum Gasteiger partial charge on any atom is 0.259 e. The number of pyridine rings is 2. The van der Waals surface area contributed by atoms with Gasteiger partial charge in [0.1, 0.15) is 17.5 Å². The Labute approximate surface area is 289 Å². The van der Waals surface area contributed by atoms with E-state index in [1.165, 1.54) is 17.9 Å². The average Bonchev–Trinajstić information content (AvgIpc) is 3.42. The molecule has 0 spiro atoms. The summed E-state index contributed by atoms with van der Waals surface area (Å²) in [7, 11) is 4.78. The number of anilines is 1. The number of fused-ring (bicyclic) bond motifs is 2. The monoisotopic (exact) mass is 680 g/mol. The molecule has 1 unspecified atom stereocenters. The summed E-state index contributed by atoms with van der Waals surface area (Å²) in [5.74, 6) is 0.0771. The zero-order valence-corrected chi connectivity index (χ0v) is 28.7. The predicted molar refractivity (Wildman–Crippen MR) is 186 cm³/mol. The molecule has 3 aliphatic heterocycles. The van der Waals surface area contributed by atoms with Gasteiger partial charge in [0.05, 0.1) is 19.6 Å². The number of carbonyl (C=O) groups excluding carboxylic acids is 3. The molecule has 5 heterocycles. The number of hydrogen-bond acceptors (Lipinski definition) is 10. The zero-order valence-electron chi connectivity index (χ0n) is 28.7. The van der Waals surface area contributed by atoms with Crippen molar-refractivity contribution in [3.8, 4) is 28.5 Å². The topological polar surface area (TPSA) is 147 Å². The van der Waals surface area contributed by atoms with Crippen LogP contribution in [0.2, 0.25) is 0 Å². The van der Waals surface area contributed by atoms with Gasteiger partial charge in [0, 0.05) is 98.0 Å². The molecule has 4 aromatic rings. The number of carbonyl (C=O) groups is 3. The van der Waals surface area contributed by atoms with Crippen LogP contribution in [0, 0.1) is 0 Å². The van der Waals surface area contributed by atoms with E-state index in [2.05, 4.69) is 33.9 Å². The molecule has 13 heteroatoms. The third kappa shape index (κ3) is 5.70. The Morgan fingerprint density at radius 3 is 2.42 bits per heavy atom. The lowest BCUT2D eigenvalue weighted by atomic mass is 9.98. The number of ether oxygens (including phenoxy) is 2. The number of aryl methyl sites for hydroxylation is 1. The first-order chi connectivity index (χ1) is 24.0. The molecule has 2 N–H and O–H groups in total. The first-order valence-corrected chi connectivity index (χ1v) is 16.7. The third-order valence-corrected chi connectivity index (χ3v) is 10.3. The van der Waals surface area contributed by atoms with Gasteiger partial charge in [-0.2, -0.15) is 0 Å². The molecule has 0 aliphatic carbocycles. The van der Waals surface area contributed by atoms with Gasteiger partial charge in [0.2, 0.25) is 17.7 Å². The minimum Gasteiger partial charge on any atom is -0.507 e. The first-order valence-electron chi connectivity index (χ1n) is 16.7. The van der Waals surface area contributed by atoms with Gasteiger partial charge in [-0.3, -0.25) is 29.4 Å². The minimum absolute atomic E-state index is 0.0824. The summed E-state index contributed by atoms with van der Waals surface area (Å²) in [5.41, 5.74) is 4.28. The lowest BCUT2D eigenvalue weighted by Crippen LogP contribution is -2.56. The highest BCUT2D eigenvalue weighted by Crippen LogP contribution is 2.39. The van der Waals surface area contributed by atoms with Crippen LogP contribution in [0.1, 0.15) is 48.2 Å². The Kier molecular flexibility index (Phi) is 8.46. The number of aromatic hydroxyl groups is 1. The van der Waals surface area contributed by atoms with Crippen molar-refractivity contribution in [3.63, 3.8) is 0 Å². The summed E-state index contributed by atoms with van der Waals surface area (Å²) < 4.78 is 12.7. The number of piperazine rings is 1. The average molecular weight is 681 g/mol. The number of hydrogen-bond donors (Lipinski definition) is 2. The molecule has 50 heavy (non-hydrogen) atoms. The summed E-state index contributed by atoms with van der Waals surface area (Å²) in [4.78, 5) is 60.8. The predicted octanol–water partition coefficient (Wildman–Crippen LogP) is 3.18. The van der Waals surface area contributed by atoms with Gasteiger partial charge < -0.3 is 28.9 Å². The maximum absolute atomic E-state index is 13.4. The van der Waals surface area contributed by atoms with Crippen LogP contribution in [-0.4, -0.2) is 87.6 Å². The van der Waals surface area contributed by atoms with Crippen LogP contribution in [0.15, 0.2) is 53.6 Å². The lowest BCUT2D eigenvalue weighted by Gasteiger charge is -2.45. The van der Waals surface area contributed by atoms with E-state index >= 15 is 0 Å². The number of phenols is 1. The van der Waals surface area contributed by atoms with Gasteiger partial charge in [0.25, 0.3) is 11.5 Å². The van der Waals surface area contributed by atoms with Crippen LogP contribution >= 0.6 is 0 Å². The van der Waals surface area contributed by atoms with Crippen molar-refractivity contribution in [2.24, 2.45) is 7.05 Å². The Morgan fingerprint density at radius 1 is 0.960 bits per heavy atom. The number of phenolic OH excluding ortho intramolecular Hbond substituents is 1. The molecular weight excluding hydrogens is 640 g/mol. The van der Waals surface area contributed by atoms with Crippen LogP contribution in [0.4, 0.5) is 5.69 Å². The summed E-state index contributed by atoms with van der Waals surface area (Å²) in [6.07, 6.45) is 3.79. The molecule has 2 aromatic carbocycles. The first kappa shape index (κ1) is 33.1. The van der Waals surface area contributed by atoms with E-state index in [-0.39, 0.29) is 41.6 Å². The summed E-state index contributed by atoms with van der Waals surface area (Å²) in [6, 6.07) is 10.7. The van der Waals surface area contributed by atoms with E-state index in [0.717, 1.165) is 16.8 Å². The molecule has 3 aliphatic rings. The van der Waals surface area contributed by atoms with Crippen LogP contribution in [0.3, 0.4) is 0 Å². The Morgan fingerprint density at radius 2 is 1.72 bits per heavy atom. The number of amides is 3.